The van der Waals surface area contributed by atoms with Crippen LogP contribution in [0, 0.1) is 0 Å². The van der Waals surface area contributed by atoms with Crippen molar-refractivity contribution in [2.45, 2.75) is 0 Å². The van der Waals surface area contributed by atoms with E-state index in [1.165, 1.54) is 11.3 Å². The fourth-order valence-electron chi connectivity index (χ4n) is 3.43. The number of nitrogens with one attached hydrogen (secondary N) is 1. The van der Waals surface area contributed by atoms with E-state index in [1.807, 2.05) is 48.5 Å². The molecule has 0 saturated heterocycles. The van der Waals surface area contributed by atoms with E-state index >= 15 is 0 Å². The number of hydrogen-bond donors (Lipinski definition) is 2. The van der Waals surface area contributed by atoms with Gasteiger partial charge in [-0.15, -0.1) is 11.3 Å². The molecular formula is C24H15Cl2N3O2S. The highest BCUT2D eigenvalue weighted by atomic mass is 35.5. The largest absolute Gasteiger partial charge is 0.464 e. The maximum atomic E-state index is 13.0. The van der Waals surface area contributed by atoms with Gasteiger partial charge in [0.15, 0.2) is 0 Å². The summed E-state index contributed by atoms with van der Waals surface area (Å²) in [5.41, 5.74) is 9.83. The summed E-state index contributed by atoms with van der Waals surface area (Å²) in [7, 11) is 0. The molecule has 32 heavy (non-hydrogen) atoms. The van der Waals surface area contributed by atoms with E-state index in [4.69, 9.17) is 38.3 Å². The highest BCUT2D eigenvalue weighted by Gasteiger charge is 2.22. The van der Waals surface area contributed by atoms with Gasteiger partial charge in [0.25, 0.3) is 5.91 Å². The lowest BCUT2D eigenvalue weighted by molar-refractivity contribution is 0.103. The predicted octanol–water partition coefficient (Wildman–Crippen LogP) is 7.36. The second-order valence-electron chi connectivity index (χ2n) is 7.01. The number of hydrogen-bond acceptors (Lipinski definition) is 5. The Hall–Kier alpha value is -3.32. The van der Waals surface area contributed by atoms with Gasteiger partial charge < -0.3 is 15.5 Å². The van der Waals surface area contributed by atoms with Crippen LogP contribution in [-0.4, -0.2) is 10.9 Å². The first kappa shape index (κ1) is 20.6. The van der Waals surface area contributed by atoms with Crippen molar-refractivity contribution in [1.82, 2.24) is 4.98 Å². The lowest BCUT2D eigenvalue weighted by atomic mass is 10.0. The maximum absolute atomic E-state index is 13.0. The predicted molar refractivity (Wildman–Crippen MR) is 132 cm³/mol. The molecule has 158 valence electrons. The number of rotatable bonds is 4. The van der Waals surface area contributed by atoms with Gasteiger partial charge in [0.1, 0.15) is 15.5 Å². The van der Waals surface area contributed by atoms with Gasteiger partial charge >= 0.3 is 0 Å². The minimum absolute atomic E-state index is 0.348. The summed E-state index contributed by atoms with van der Waals surface area (Å²) < 4.78 is 5.66. The summed E-state index contributed by atoms with van der Waals surface area (Å²) in [6.45, 7) is 0. The average molecular weight is 480 g/mol. The third-order valence-corrected chi connectivity index (χ3v) is 6.78. The number of thiophene rings is 1. The van der Waals surface area contributed by atoms with Crippen molar-refractivity contribution >= 4 is 62.0 Å². The molecule has 0 fully saturated rings. The van der Waals surface area contributed by atoms with Crippen LogP contribution in [0.1, 0.15) is 9.67 Å². The zero-order valence-electron chi connectivity index (χ0n) is 16.4. The zero-order valence-corrected chi connectivity index (χ0v) is 18.8. The molecule has 0 aliphatic rings. The van der Waals surface area contributed by atoms with E-state index < -0.39 is 0 Å². The Bertz CT molecular complexity index is 1450. The van der Waals surface area contributed by atoms with Crippen LogP contribution in [0.4, 0.5) is 11.4 Å². The molecular weight excluding hydrogens is 465 g/mol. The third kappa shape index (κ3) is 3.73. The van der Waals surface area contributed by atoms with Gasteiger partial charge in [-0.2, -0.15) is 0 Å². The number of carbonyl (C=O) groups is 1. The number of nitrogens with two attached hydrogens (primary N) is 1. The number of fused-ring (bicyclic) bond motifs is 1. The van der Waals surface area contributed by atoms with Crippen molar-refractivity contribution in [2.75, 3.05) is 11.1 Å². The van der Waals surface area contributed by atoms with E-state index in [1.54, 1.807) is 24.5 Å². The third-order valence-electron chi connectivity index (χ3n) is 4.94. The van der Waals surface area contributed by atoms with Crippen molar-refractivity contribution in [2.24, 2.45) is 0 Å². The number of aromatic nitrogens is 1. The molecule has 0 bridgehead atoms. The summed E-state index contributed by atoms with van der Waals surface area (Å²) in [6.07, 6.45) is 1.60. The Morgan fingerprint density at radius 3 is 2.53 bits per heavy atom. The molecule has 0 aliphatic heterocycles. The molecule has 0 spiro atoms. The number of nitrogen functional groups attached to an aromatic ring is 1. The number of halogens is 2. The molecule has 3 heterocycles. The summed E-state index contributed by atoms with van der Waals surface area (Å²) in [5, 5.41) is 4.27. The van der Waals surface area contributed by atoms with Crippen LogP contribution in [0.25, 0.3) is 32.8 Å². The van der Waals surface area contributed by atoms with E-state index in [-0.39, 0.29) is 5.91 Å². The second kappa shape index (κ2) is 8.31. The maximum Gasteiger partial charge on any atom is 0.267 e. The topological polar surface area (TPSA) is 81.2 Å². The fraction of sp³-hybridized carbons (Fsp3) is 0. The molecule has 0 unspecified atom stereocenters. The molecule has 8 heteroatoms. The van der Waals surface area contributed by atoms with Gasteiger partial charge in [0.05, 0.1) is 27.7 Å². The Morgan fingerprint density at radius 1 is 1.00 bits per heavy atom. The quantitative estimate of drug-likeness (QED) is 0.282. The van der Waals surface area contributed by atoms with Crippen LogP contribution in [-0.2, 0) is 0 Å². The minimum atomic E-state index is -0.351. The van der Waals surface area contributed by atoms with Crippen molar-refractivity contribution in [1.29, 1.82) is 0 Å². The van der Waals surface area contributed by atoms with Crippen molar-refractivity contribution < 1.29 is 9.21 Å². The lowest BCUT2D eigenvalue weighted by Gasteiger charge is -2.07. The van der Waals surface area contributed by atoms with E-state index in [9.17, 15) is 4.79 Å². The molecule has 3 aromatic heterocycles. The first-order valence-corrected chi connectivity index (χ1v) is 11.2. The molecule has 0 saturated carbocycles. The normalized spacial score (nSPS) is 11.1. The average Bonchev–Trinajstić information content (AvgIpc) is 3.45. The highest BCUT2D eigenvalue weighted by Crippen LogP contribution is 2.41. The van der Waals surface area contributed by atoms with Gasteiger partial charge in [-0.3, -0.25) is 4.79 Å². The molecule has 0 radical (unpaired) electrons. The number of amides is 1. The molecule has 5 nitrogen and oxygen atoms in total. The Labute approximate surface area is 197 Å². The second-order valence-corrected chi connectivity index (χ2v) is 8.82. The smallest absolute Gasteiger partial charge is 0.267 e. The standard InChI is InChI=1S/C24H15Cl2N3O2S/c25-16-9-8-14(11-17(16)26)28-23(30)22-21(27)20-15(19-7-4-10-31-19)12-18(29-24(20)32-22)13-5-2-1-3-6-13/h1-12H,27H2,(H,28,30). The minimum Gasteiger partial charge on any atom is -0.464 e. The Kier molecular flexibility index (Phi) is 5.35. The van der Waals surface area contributed by atoms with E-state index in [2.05, 4.69) is 5.32 Å². The molecule has 1 amide bonds. The van der Waals surface area contributed by atoms with Crippen molar-refractivity contribution in [3.05, 3.63) is 87.9 Å². The van der Waals surface area contributed by atoms with E-state index in [0.717, 1.165) is 16.8 Å². The first-order valence-electron chi connectivity index (χ1n) is 9.60. The first-order chi connectivity index (χ1) is 15.5. The lowest BCUT2D eigenvalue weighted by Crippen LogP contribution is -2.11. The molecule has 0 atom stereocenters. The molecule has 5 rings (SSSR count). The van der Waals surface area contributed by atoms with Gasteiger partial charge in [0, 0.05) is 22.2 Å². The molecule has 3 N–H and O–H groups in total. The van der Waals surface area contributed by atoms with Gasteiger partial charge in [-0.1, -0.05) is 53.5 Å². The molecule has 0 aliphatic carbocycles. The van der Waals surface area contributed by atoms with Crippen molar-refractivity contribution in [3.63, 3.8) is 0 Å². The SMILES string of the molecule is Nc1c(C(=O)Nc2ccc(Cl)c(Cl)c2)sc2nc(-c3ccccc3)cc(-c3ccco3)c12. The van der Waals surface area contributed by atoms with Crippen LogP contribution in [0.5, 0.6) is 0 Å². The van der Waals surface area contributed by atoms with Crippen LogP contribution in [0.3, 0.4) is 0 Å². The van der Waals surface area contributed by atoms with Gasteiger partial charge in [-0.05, 0) is 36.4 Å². The highest BCUT2D eigenvalue weighted by molar-refractivity contribution is 7.21. The number of carbonyl (C=O) groups excluding carboxylic acids is 1. The van der Waals surface area contributed by atoms with E-state index in [0.29, 0.717) is 42.3 Å². The molecule has 2 aromatic carbocycles. The van der Waals surface area contributed by atoms with Gasteiger partial charge in [0.2, 0.25) is 0 Å². The number of pyridine rings is 1. The summed E-state index contributed by atoms with van der Waals surface area (Å²) >= 11 is 13.3. The van der Waals surface area contributed by atoms with Crippen LogP contribution in [0.2, 0.25) is 10.0 Å². The summed E-state index contributed by atoms with van der Waals surface area (Å²) in [4.78, 5) is 18.8. The summed E-state index contributed by atoms with van der Waals surface area (Å²) in [6, 6.07) is 20.3. The van der Waals surface area contributed by atoms with Crippen LogP contribution >= 0.6 is 34.5 Å². The monoisotopic (exact) mass is 479 g/mol. The molecule has 5 aromatic rings. The zero-order chi connectivity index (χ0) is 22.2. The number of anilines is 2. The number of furan rings is 1. The Morgan fingerprint density at radius 2 is 1.81 bits per heavy atom. The van der Waals surface area contributed by atoms with Crippen LogP contribution < -0.4 is 11.1 Å². The fourth-order valence-corrected chi connectivity index (χ4v) is 4.75. The Balaban J connectivity index is 1.64. The van der Waals surface area contributed by atoms with Gasteiger partial charge in [-0.25, -0.2) is 4.98 Å². The number of nitrogens with zero attached hydrogens (tertiary/aromatic N) is 1. The number of benzene rings is 2. The van der Waals surface area contributed by atoms with Crippen molar-refractivity contribution in [3.8, 4) is 22.6 Å². The summed E-state index contributed by atoms with van der Waals surface area (Å²) in [5.74, 6) is 0.297. The van der Waals surface area contributed by atoms with Crippen LogP contribution in [0.15, 0.2) is 77.4 Å².